The Hall–Kier alpha value is -0.870. The van der Waals surface area contributed by atoms with Gasteiger partial charge in [0.1, 0.15) is 5.76 Å². The van der Waals surface area contributed by atoms with Crippen molar-refractivity contribution in [3.63, 3.8) is 0 Å². The number of aromatic nitrogens is 1. The molecule has 1 aliphatic heterocycles. The van der Waals surface area contributed by atoms with Crippen molar-refractivity contribution in [2.45, 2.75) is 51.6 Å². The van der Waals surface area contributed by atoms with Gasteiger partial charge in [-0.1, -0.05) is 20.8 Å². The molecule has 0 saturated carbocycles. The van der Waals surface area contributed by atoms with Crippen molar-refractivity contribution in [3.05, 3.63) is 17.8 Å². The van der Waals surface area contributed by atoms with Gasteiger partial charge in [-0.25, -0.2) is 4.98 Å². The first-order valence-corrected chi connectivity index (χ1v) is 6.40. The van der Waals surface area contributed by atoms with Crippen LogP contribution in [-0.2, 0) is 12.0 Å². The Morgan fingerprint density at radius 1 is 1.53 bits per heavy atom. The van der Waals surface area contributed by atoms with Crippen molar-refractivity contribution in [1.82, 2.24) is 9.88 Å². The fourth-order valence-corrected chi connectivity index (χ4v) is 2.27. The number of nitrogens with zero attached hydrogens (tertiary/aromatic N) is 2. The van der Waals surface area contributed by atoms with Gasteiger partial charge in [-0.3, -0.25) is 4.90 Å². The van der Waals surface area contributed by atoms with Crippen molar-refractivity contribution in [3.8, 4) is 0 Å². The van der Waals surface area contributed by atoms with E-state index in [-0.39, 0.29) is 5.41 Å². The fraction of sp³-hybridized carbons (Fsp3) is 0.769. The molecular formula is C13H23N3O. The van der Waals surface area contributed by atoms with Crippen LogP contribution in [-0.4, -0.2) is 29.0 Å². The van der Waals surface area contributed by atoms with Crippen LogP contribution in [0.2, 0.25) is 0 Å². The van der Waals surface area contributed by atoms with Crippen LogP contribution in [0.1, 0.15) is 45.3 Å². The number of nitrogens with two attached hydrogens (primary N) is 1. The maximum atomic E-state index is 5.81. The summed E-state index contributed by atoms with van der Waals surface area (Å²) in [5, 5.41) is 0. The third-order valence-corrected chi connectivity index (χ3v) is 3.40. The second-order valence-corrected chi connectivity index (χ2v) is 5.87. The summed E-state index contributed by atoms with van der Waals surface area (Å²) in [6.45, 7) is 9.03. The van der Waals surface area contributed by atoms with Gasteiger partial charge in [-0.15, -0.1) is 0 Å². The summed E-state index contributed by atoms with van der Waals surface area (Å²) >= 11 is 0. The maximum Gasteiger partial charge on any atom is 0.208 e. The molecule has 1 aromatic rings. The molecule has 2 rings (SSSR count). The molecule has 1 aliphatic rings. The van der Waals surface area contributed by atoms with E-state index in [4.69, 9.17) is 10.2 Å². The molecule has 1 unspecified atom stereocenters. The molecule has 0 aliphatic carbocycles. The highest BCUT2D eigenvalue weighted by Gasteiger charge is 2.25. The average Bonchev–Trinajstić information content (AvgIpc) is 2.86. The van der Waals surface area contributed by atoms with Crippen molar-refractivity contribution >= 4 is 0 Å². The number of hydrogen-bond acceptors (Lipinski definition) is 4. The summed E-state index contributed by atoms with van der Waals surface area (Å²) in [6.07, 6.45) is 4.28. The minimum atomic E-state index is 0.0313. The number of hydrogen-bond donors (Lipinski definition) is 1. The Bertz CT molecular complexity index is 367. The quantitative estimate of drug-likeness (QED) is 0.872. The topological polar surface area (TPSA) is 55.3 Å². The van der Waals surface area contributed by atoms with Crippen LogP contribution in [0.3, 0.4) is 0 Å². The van der Waals surface area contributed by atoms with E-state index in [1.54, 1.807) is 0 Å². The van der Waals surface area contributed by atoms with Gasteiger partial charge in [0.2, 0.25) is 5.89 Å². The highest BCUT2D eigenvalue weighted by Crippen LogP contribution is 2.24. The van der Waals surface area contributed by atoms with Gasteiger partial charge in [-0.05, 0) is 19.4 Å². The molecule has 17 heavy (non-hydrogen) atoms. The molecule has 1 saturated heterocycles. The van der Waals surface area contributed by atoms with E-state index in [1.165, 1.54) is 12.8 Å². The van der Waals surface area contributed by atoms with Gasteiger partial charge in [-0.2, -0.15) is 0 Å². The molecule has 2 N–H and O–H groups in total. The van der Waals surface area contributed by atoms with E-state index < -0.39 is 0 Å². The summed E-state index contributed by atoms with van der Waals surface area (Å²) in [4.78, 5) is 6.74. The summed E-state index contributed by atoms with van der Waals surface area (Å²) in [5.41, 5.74) is 5.79. The Morgan fingerprint density at radius 3 is 2.88 bits per heavy atom. The largest absolute Gasteiger partial charge is 0.444 e. The number of rotatable bonds is 3. The molecule has 0 amide bonds. The lowest BCUT2D eigenvalue weighted by atomic mass is 9.94. The van der Waals surface area contributed by atoms with E-state index in [0.29, 0.717) is 6.04 Å². The van der Waals surface area contributed by atoms with E-state index in [0.717, 1.165) is 31.3 Å². The fourth-order valence-electron chi connectivity index (χ4n) is 2.27. The van der Waals surface area contributed by atoms with Crippen LogP contribution in [0, 0.1) is 0 Å². The average molecular weight is 237 g/mol. The molecule has 1 atom stereocenters. The first-order chi connectivity index (χ1) is 8.00. The number of likely N-dealkylation sites (tertiary alicyclic amines) is 1. The van der Waals surface area contributed by atoms with Gasteiger partial charge in [0.25, 0.3) is 0 Å². The molecule has 0 aromatic carbocycles. The summed E-state index contributed by atoms with van der Waals surface area (Å²) in [5.74, 6) is 1.77. The van der Waals surface area contributed by atoms with Crippen molar-refractivity contribution in [2.24, 2.45) is 5.73 Å². The lowest BCUT2D eigenvalue weighted by molar-refractivity contribution is 0.220. The third-order valence-electron chi connectivity index (χ3n) is 3.40. The lowest BCUT2D eigenvalue weighted by Crippen LogP contribution is -2.34. The molecule has 1 aromatic heterocycles. The summed E-state index contributed by atoms with van der Waals surface area (Å²) < 4.78 is 5.81. The highest BCUT2D eigenvalue weighted by molar-refractivity contribution is 5.06. The molecule has 2 heterocycles. The van der Waals surface area contributed by atoms with Gasteiger partial charge in [0.05, 0.1) is 12.7 Å². The Balaban J connectivity index is 2.02. The normalized spacial score (nSPS) is 22.2. The summed E-state index contributed by atoms with van der Waals surface area (Å²) in [7, 11) is 0. The van der Waals surface area contributed by atoms with E-state index >= 15 is 0 Å². The van der Waals surface area contributed by atoms with E-state index in [1.807, 2.05) is 6.20 Å². The Morgan fingerprint density at radius 2 is 2.29 bits per heavy atom. The first kappa shape index (κ1) is 12.6. The SMILES string of the molecule is CC(C)(C)c1cnc(CN2CCCC2CN)o1. The minimum absolute atomic E-state index is 0.0313. The molecule has 0 spiro atoms. The standard InChI is InChI=1S/C13H23N3O/c1-13(2,3)11-8-15-12(17-11)9-16-6-4-5-10(16)7-14/h8,10H,4-7,9,14H2,1-3H3. The zero-order valence-electron chi connectivity index (χ0n) is 11.1. The van der Waals surface area contributed by atoms with E-state index in [2.05, 4.69) is 30.7 Å². The van der Waals surface area contributed by atoms with Crippen LogP contribution in [0.5, 0.6) is 0 Å². The molecule has 4 nitrogen and oxygen atoms in total. The highest BCUT2D eigenvalue weighted by atomic mass is 16.4. The monoisotopic (exact) mass is 237 g/mol. The zero-order chi connectivity index (χ0) is 12.5. The molecule has 96 valence electrons. The molecule has 0 bridgehead atoms. The van der Waals surface area contributed by atoms with Gasteiger partial charge in [0.15, 0.2) is 0 Å². The predicted molar refractivity (Wildman–Crippen MR) is 67.7 cm³/mol. The lowest BCUT2D eigenvalue weighted by Gasteiger charge is -2.21. The zero-order valence-corrected chi connectivity index (χ0v) is 11.1. The Labute approximate surface area is 103 Å². The van der Waals surface area contributed by atoms with Gasteiger partial charge < -0.3 is 10.2 Å². The Kier molecular flexibility index (Phi) is 3.54. The second kappa shape index (κ2) is 4.78. The third kappa shape index (κ3) is 2.87. The van der Waals surface area contributed by atoms with Crippen LogP contribution in [0.4, 0.5) is 0 Å². The molecule has 0 radical (unpaired) electrons. The van der Waals surface area contributed by atoms with Crippen molar-refractivity contribution in [2.75, 3.05) is 13.1 Å². The maximum absolute atomic E-state index is 5.81. The molecule has 4 heteroatoms. The number of oxazole rings is 1. The van der Waals surface area contributed by atoms with Gasteiger partial charge in [0, 0.05) is 18.0 Å². The minimum Gasteiger partial charge on any atom is -0.444 e. The predicted octanol–water partition coefficient (Wildman–Crippen LogP) is 1.90. The summed E-state index contributed by atoms with van der Waals surface area (Å²) in [6, 6.07) is 0.500. The molecular weight excluding hydrogens is 214 g/mol. The van der Waals surface area contributed by atoms with Crippen LogP contribution in [0.25, 0.3) is 0 Å². The van der Waals surface area contributed by atoms with Gasteiger partial charge >= 0.3 is 0 Å². The second-order valence-electron chi connectivity index (χ2n) is 5.87. The van der Waals surface area contributed by atoms with Crippen molar-refractivity contribution < 1.29 is 4.42 Å². The first-order valence-electron chi connectivity index (χ1n) is 6.40. The van der Waals surface area contributed by atoms with Crippen LogP contribution >= 0.6 is 0 Å². The van der Waals surface area contributed by atoms with Crippen LogP contribution in [0.15, 0.2) is 10.6 Å². The van der Waals surface area contributed by atoms with Crippen LogP contribution < -0.4 is 5.73 Å². The van der Waals surface area contributed by atoms with E-state index in [9.17, 15) is 0 Å². The molecule has 1 fully saturated rings. The van der Waals surface area contributed by atoms with Crippen molar-refractivity contribution in [1.29, 1.82) is 0 Å². The smallest absolute Gasteiger partial charge is 0.208 e.